The van der Waals surface area contributed by atoms with Gasteiger partial charge in [0.2, 0.25) is 0 Å². The number of nitrogens with zero attached hydrogens (tertiary/aromatic N) is 4. The van der Waals surface area contributed by atoms with Gasteiger partial charge in [0.15, 0.2) is 5.82 Å². The lowest BCUT2D eigenvalue weighted by Gasteiger charge is -2.20. The van der Waals surface area contributed by atoms with E-state index < -0.39 is 11.7 Å². The predicted octanol–water partition coefficient (Wildman–Crippen LogP) is 14.7. The monoisotopic (exact) mass is 796 g/mol. The zero-order chi connectivity index (χ0) is 41.2. The summed E-state index contributed by atoms with van der Waals surface area (Å²) in [6.45, 7) is 2.11. The minimum Gasteiger partial charge on any atom is -0.309 e. The first kappa shape index (κ1) is 36.3. The molecule has 292 valence electrons. The third-order valence-electron chi connectivity index (χ3n) is 11.6. The van der Waals surface area contributed by atoms with Crippen molar-refractivity contribution in [2.75, 3.05) is 0 Å². The Balaban J connectivity index is 1.22. The highest BCUT2D eigenvalue weighted by Gasteiger charge is 2.31. The molecule has 0 bridgehead atoms. The molecule has 7 heteroatoms. The van der Waals surface area contributed by atoms with Gasteiger partial charge < -0.3 is 9.13 Å². The van der Waals surface area contributed by atoms with Crippen LogP contribution >= 0.6 is 0 Å². The fraction of sp³-hybridized carbons (Fsp3) is 0.0370. The Kier molecular flexibility index (Phi) is 8.46. The number of rotatable bonds is 6. The Labute approximate surface area is 349 Å². The number of para-hydroxylation sites is 3. The van der Waals surface area contributed by atoms with Crippen molar-refractivity contribution in [1.29, 1.82) is 0 Å². The van der Waals surface area contributed by atoms with E-state index in [2.05, 4.69) is 101 Å². The highest BCUT2D eigenvalue weighted by Crippen LogP contribution is 2.43. The van der Waals surface area contributed by atoms with E-state index in [0.717, 1.165) is 83.3 Å². The minimum atomic E-state index is -4.48. The predicted molar refractivity (Wildman–Crippen MR) is 242 cm³/mol. The second-order valence-corrected chi connectivity index (χ2v) is 15.4. The molecule has 0 aliphatic carbocycles. The molecule has 0 fully saturated rings. The average molecular weight is 797 g/mol. The highest BCUT2D eigenvalue weighted by atomic mass is 19.4. The van der Waals surface area contributed by atoms with Crippen molar-refractivity contribution in [2.24, 2.45) is 0 Å². The van der Waals surface area contributed by atoms with Crippen LogP contribution in [0.25, 0.3) is 100 Å². The van der Waals surface area contributed by atoms with E-state index in [0.29, 0.717) is 16.7 Å². The number of aromatic nitrogens is 4. The number of aryl methyl sites for hydroxylation is 1. The number of hydrogen-bond donors (Lipinski definition) is 0. The fourth-order valence-corrected chi connectivity index (χ4v) is 8.83. The maximum Gasteiger partial charge on any atom is 0.416 e. The van der Waals surface area contributed by atoms with E-state index in [9.17, 15) is 13.2 Å². The highest BCUT2D eigenvalue weighted by molar-refractivity contribution is 6.12. The second-order valence-electron chi connectivity index (χ2n) is 15.4. The molecule has 3 heterocycles. The summed E-state index contributed by atoms with van der Waals surface area (Å²) >= 11 is 0. The van der Waals surface area contributed by atoms with Crippen molar-refractivity contribution < 1.29 is 13.2 Å². The van der Waals surface area contributed by atoms with Crippen LogP contribution in [0.1, 0.15) is 11.1 Å². The Morgan fingerprint density at radius 1 is 0.393 bits per heavy atom. The van der Waals surface area contributed by atoms with Crippen molar-refractivity contribution in [3.8, 4) is 56.4 Å². The molecule has 0 saturated carbocycles. The lowest BCUT2D eigenvalue weighted by Crippen LogP contribution is -2.04. The number of alkyl halides is 3. The molecule has 0 N–H and O–H groups in total. The summed E-state index contributed by atoms with van der Waals surface area (Å²) < 4.78 is 46.9. The Bertz CT molecular complexity index is 3420. The van der Waals surface area contributed by atoms with E-state index in [1.807, 2.05) is 91.0 Å². The number of benzene rings is 8. The quantitative estimate of drug-likeness (QED) is 0.168. The molecular formula is C54H35F3N4. The summed E-state index contributed by atoms with van der Waals surface area (Å²) in [4.78, 5) is 10.3. The van der Waals surface area contributed by atoms with Crippen LogP contribution in [0.5, 0.6) is 0 Å². The zero-order valence-electron chi connectivity index (χ0n) is 32.9. The van der Waals surface area contributed by atoms with Gasteiger partial charge in [0.05, 0.1) is 50.4 Å². The first-order valence-electron chi connectivity index (χ1n) is 20.1. The normalized spacial score (nSPS) is 11.9. The molecule has 8 aromatic carbocycles. The standard InChI is InChI=1S/C54H35F3N4/c1-34-24-27-50-42(30-34)39-18-8-11-21-47(39)61(50)51-28-25-37(46-33-45(35-14-4-2-5-15-35)58-53(59-46)36-16-6-3-7-17-36)31-43(51)40-19-9-12-22-48(40)60-49-23-13-10-20-41(49)44-32-38(54(55,56)57)26-29-52(44)60/h2-33H,1H3. The molecule has 0 radical (unpaired) electrons. The summed E-state index contributed by atoms with van der Waals surface area (Å²) in [5.41, 5.74) is 12.1. The summed E-state index contributed by atoms with van der Waals surface area (Å²) in [5.74, 6) is 0.615. The van der Waals surface area contributed by atoms with Gasteiger partial charge in [-0.3, -0.25) is 0 Å². The van der Waals surface area contributed by atoms with Crippen LogP contribution in [0.2, 0.25) is 0 Å². The topological polar surface area (TPSA) is 35.6 Å². The second kappa shape index (κ2) is 14.2. The summed E-state index contributed by atoms with van der Waals surface area (Å²) in [6.07, 6.45) is -4.48. The van der Waals surface area contributed by atoms with Crippen molar-refractivity contribution in [3.05, 3.63) is 205 Å². The van der Waals surface area contributed by atoms with Crippen LogP contribution < -0.4 is 0 Å². The first-order valence-corrected chi connectivity index (χ1v) is 20.1. The summed E-state index contributed by atoms with van der Waals surface area (Å²) in [6, 6.07) is 63.6. The van der Waals surface area contributed by atoms with Gasteiger partial charge in [-0.05, 0) is 73.7 Å². The third-order valence-corrected chi connectivity index (χ3v) is 11.6. The van der Waals surface area contributed by atoms with Gasteiger partial charge in [-0.25, -0.2) is 9.97 Å². The number of hydrogen-bond acceptors (Lipinski definition) is 2. The van der Waals surface area contributed by atoms with Crippen molar-refractivity contribution in [1.82, 2.24) is 19.1 Å². The summed E-state index contributed by atoms with van der Waals surface area (Å²) in [7, 11) is 0. The van der Waals surface area contributed by atoms with Gasteiger partial charge in [-0.2, -0.15) is 13.2 Å². The fourth-order valence-electron chi connectivity index (χ4n) is 8.83. The Morgan fingerprint density at radius 2 is 0.918 bits per heavy atom. The van der Waals surface area contributed by atoms with Gasteiger partial charge >= 0.3 is 6.18 Å². The van der Waals surface area contributed by atoms with Gasteiger partial charge in [-0.1, -0.05) is 133 Å². The molecule has 61 heavy (non-hydrogen) atoms. The molecule has 11 rings (SSSR count). The summed E-state index contributed by atoms with van der Waals surface area (Å²) in [5, 5.41) is 3.57. The largest absolute Gasteiger partial charge is 0.416 e. The lowest BCUT2D eigenvalue weighted by atomic mass is 9.96. The minimum absolute atomic E-state index is 0.537. The Morgan fingerprint density at radius 3 is 1.59 bits per heavy atom. The van der Waals surface area contributed by atoms with E-state index in [4.69, 9.17) is 9.97 Å². The zero-order valence-corrected chi connectivity index (χ0v) is 32.9. The van der Waals surface area contributed by atoms with Gasteiger partial charge in [0, 0.05) is 49.4 Å². The number of fused-ring (bicyclic) bond motifs is 6. The van der Waals surface area contributed by atoms with Crippen LogP contribution in [0.4, 0.5) is 13.2 Å². The van der Waals surface area contributed by atoms with E-state index in [-0.39, 0.29) is 0 Å². The molecule has 3 aromatic heterocycles. The van der Waals surface area contributed by atoms with Gasteiger partial charge in [0.1, 0.15) is 0 Å². The van der Waals surface area contributed by atoms with Crippen LogP contribution in [0.3, 0.4) is 0 Å². The van der Waals surface area contributed by atoms with Crippen LogP contribution in [0, 0.1) is 6.92 Å². The molecule has 0 atom stereocenters. The third kappa shape index (κ3) is 6.16. The lowest BCUT2D eigenvalue weighted by molar-refractivity contribution is -0.137. The maximum absolute atomic E-state index is 14.2. The van der Waals surface area contributed by atoms with E-state index >= 15 is 0 Å². The van der Waals surface area contributed by atoms with Crippen LogP contribution in [0.15, 0.2) is 194 Å². The maximum atomic E-state index is 14.2. The molecular weight excluding hydrogens is 762 g/mol. The van der Waals surface area contributed by atoms with Crippen molar-refractivity contribution in [2.45, 2.75) is 13.1 Å². The molecule has 0 spiro atoms. The molecule has 0 unspecified atom stereocenters. The smallest absolute Gasteiger partial charge is 0.309 e. The van der Waals surface area contributed by atoms with Crippen LogP contribution in [-0.4, -0.2) is 19.1 Å². The molecule has 0 aliphatic heterocycles. The van der Waals surface area contributed by atoms with Crippen molar-refractivity contribution in [3.63, 3.8) is 0 Å². The van der Waals surface area contributed by atoms with E-state index in [1.54, 1.807) is 6.07 Å². The SMILES string of the molecule is Cc1ccc2c(c1)c1ccccc1n2-c1ccc(-c2cc(-c3ccccc3)nc(-c3ccccc3)n2)cc1-c1ccccc1-n1c2ccccc2c2cc(C(F)(F)F)ccc21. The molecule has 11 aromatic rings. The van der Waals surface area contributed by atoms with E-state index in [1.165, 1.54) is 17.7 Å². The molecule has 0 aliphatic rings. The Hall–Kier alpha value is -7.77. The molecule has 0 amide bonds. The first-order chi connectivity index (χ1) is 29.8. The molecule has 4 nitrogen and oxygen atoms in total. The van der Waals surface area contributed by atoms with Crippen LogP contribution in [-0.2, 0) is 6.18 Å². The average Bonchev–Trinajstić information content (AvgIpc) is 3.81. The van der Waals surface area contributed by atoms with Crippen molar-refractivity contribution >= 4 is 43.6 Å². The van der Waals surface area contributed by atoms with Gasteiger partial charge in [0.25, 0.3) is 0 Å². The molecule has 0 saturated heterocycles. The van der Waals surface area contributed by atoms with Gasteiger partial charge in [-0.15, -0.1) is 0 Å². The number of halogens is 3.